The van der Waals surface area contributed by atoms with E-state index in [1.54, 1.807) is 6.07 Å². The molecule has 0 saturated carbocycles. The maximum Gasteiger partial charge on any atom is 0.337 e. The summed E-state index contributed by atoms with van der Waals surface area (Å²) in [6, 6.07) is 4.45. The molecule has 1 rings (SSSR count). The van der Waals surface area contributed by atoms with Crippen molar-refractivity contribution in [1.29, 1.82) is 0 Å². The van der Waals surface area contributed by atoms with Crippen molar-refractivity contribution in [2.24, 2.45) is 0 Å². The summed E-state index contributed by atoms with van der Waals surface area (Å²) in [5.41, 5.74) is 0.0703. The Morgan fingerprint density at radius 1 is 1.50 bits per heavy atom. The summed E-state index contributed by atoms with van der Waals surface area (Å²) in [7, 11) is 1.39. The van der Waals surface area contributed by atoms with Crippen LogP contribution in [0.25, 0.3) is 0 Å². The van der Waals surface area contributed by atoms with Crippen LogP contribution in [0.15, 0.2) is 18.2 Å². The number of rotatable bonds is 4. The van der Waals surface area contributed by atoms with Gasteiger partial charge in [0.25, 0.3) is 0 Å². The standard InChI is InChI=1S/C10H10ClNO4/c1-16-7-4-2-3-6(10(14)15)9(7)12-8(13)5-11/h2-4H,5H2,1H3,(H,12,13)(H,14,15). The van der Waals surface area contributed by atoms with Crippen molar-refractivity contribution in [2.45, 2.75) is 0 Å². The van der Waals surface area contributed by atoms with Crippen LogP contribution in [0.1, 0.15) is 10.4 Å². The number of nitrogens with one attached hydrogen (secondary N) is 1. The lowest BCUT2D eigenvalue weighted by atomic mass is 10.1. The summed E-state index contributed by atoms with van der Waals surface area (Å²) in [6.07, 6.45) is 0. The first kappa shape index (κ1) is 12.3. The molecule has 0 aromatic heterocycles. The second-order valence-corrected chi connectivity index (χ2v) is 3.14. The molecule has 0 radical (unpaired) electrons. The van der Waals surface area contributed by atoms with Crippen molar-refractivity contribution in [3.05, 3.63) is 23.8 Å². The molecule has 0 aliphatic rings. The van der Waals surface area contributed by atoms with Crippen LogP contribution in [0.2, 0.25) is 0 Å². The first-order chi connectivity index (χ1) is 7.60. The van der Waals surface area contributed by atoms with Crippen molar-refractivity contribution < 1.29 is 19.4 Å². The van der Waals surface area contributed by atoms with E-state index in [2.05, 4.69) is 5.32 Å². The molecule has 0 heterocycles. The molecule has 5 nitrogen and oxygen atoms in total. The second kappa shape index (κ2) is 5.37. The smallest absolute Gasteiger partial charge is 0.337 e. The van der Waals surface area contributed by atoms with Crippen LogP contribution in [-0.2, 0) is 4.79 Å². The van der Waals surface area contributed by atoms with E-state index < -0.39 is 11.9 Å². The van der Waals surface area contributed by atoms with E-state index in [1.807, 2.05) is 0 Å². The fourth-order valence-corrected chi connectivity index (χ4v) is 1.25. The van der Waals surface area contributed by atoms with Gasteiger partial charge in [0.15, 0.2) is 0 Å². The summed E-state index contributed by atoms with van der Waals surface area (Å²) in [5.74, 6) is -1.62. The fourth-order valence-electron chi connectivity index (χ4n) is 1.18. The summed E-state index contributed by atoms with van der Waals surface area (Å²) >= 11 is 5.33. The fraction of sp³-hybridized carbons (Fsp3) is 0.200. The molecular weight excluding hydrogens is 234 g/mol. The quantitative estimate of drug-likeness (QED) is 0.787. The predicted molar refractivity (Wildman–Crippen MR) is 59.3 cm³/mol. The highest BCUT2D eigenvalue weighted by Gasteiger charge is 2.16. The van der Waals surface area contributed by atoms with Crippen molar-refractivity contribution in [3.63, 3.8) is 0 Å². The summed E-state index contributed by atoms with van der Waals surface area (Å²) in [4.78, 5) is 22.1. The molecule has 0 saturated heterocycles. The highest BCUT2D eigenvalue weighted by atomic mass is 35.5. The summed E-state index contributed by atoms with van der Waals surface area (Å²) < 4.78 is 4.96. The Hall–Kier alpha value is -1.75. The van der Waals surface area contributed by atoms with E-state index in [1.165, 1.54) is 19.2 Å². The largest absolute Gasteiger partial charge is 0.495 e. The van der Waals surface area contributed by atoms with Gasteiger partial charge in [-0.05, 0) is 12.1 Å². The highest BCUT2D eigenvalue weighted by molar-refractivity contribution is 6.29. The number of anilines is 1. The van der Waals surface area contributed by atoms with Crippen LogP contribution in [-0.4, -0.2) is 30.0 Å². The molecule has 0 spiro atoms. The normalized spacial score (nSPS) is 9.62. The van der Waals surface area contributed by atoms with Crippen LogP contribution < -0.4 is 10.1 Å². The number of amides is 1. The van der Waals surface area contributed by atoms with Crippen LogP contribution >= 0.6 is 11.6 Å². The molecule has 86 valence electrons. The lowest BCUT2D eigenvalue weighted by molar-refractivity contribution is -0.113. The number of carboxylic acid groups (broad SMARTS) is 1. The molecule has 16 heavy (non-hydrogen) atoms. The van der Waals surface area contributed by atoms with Gasteiger partial charge in [-0.3, -0.25) is 4.79 Å². The number of hydrogen-bond donors (Lipinski definition) is 2. The number of hydrogen-bond acceptors (Lipinski definition) is 3. The van der Waals surface area contributed by atoms with Crippen LogP contribution in [0.4, 0.5) is 5.69 Å². The van der Waals surface area contributed by atoms with Gasteiger partial charge in [-0.2, -0.15) is 0 Å². The van der Waals surface area contributed by atoms with E-state index in [-0.39, 0.29) is 22.9 Å². The van der Waals surface area contributed by atoms with E-state index >= 15 is 0 Å². The SMILES string of the molecule is COc1cccc(C(=O)O)c1NC(=O)CCl. The minimum atomic E-state index is -1.15. The molecular formula is C10H10ClNO4. The molecule has 0 bridgehead atoms. The van der Waals surface area contributed by atoms with Gasteiger partial charge < -0.3 is 15.2 Å². The average molecular weight is 244 g/mol. The number of methoxy groups -OCH3 is 1. The number of benzene rings is 1. The third-order valence-corrected chi connectivity index (χ3v) is 2.11. The Kier molecular flexibility index (Phi) is 4.13. The lowest BCUT2D eigenvalue weighted by Crippen LogP contribution is -2.16. The maximum atomic E-state index is 11.1. The van der Waals surface area contributed by atoms with Gasteiger partial charge >= 0.3 is 5.97 Å². The Labute approximate surface area is 97.0 Å². The average Bonchev–Trinajstić information content (AvgIpc) is 2.28. The van der Waals surface area contributed by atoms with Crippen molar-refractivity contribution in [2.75, 3.05) is 18.3 Å². The number of carboxylic acids is 1. The Morgan fingerprint density at radius 3 is 2.69 bits per heavy atom. The van der Waals surface area contributed by atoms with Gasteiger partial charge in [0.05, 0.1) is 18.4 Å². The lowest BCUT2D eigenvalue weighted by Gasteiger charge is -2.11. The van der Waals surface area contributed by atoms with Crippen LogP contribution in [0, 0.1) is 0 Å². The maximum absolute atomic E-state index is 11.1. The molecule has 0 fully saturated rings. The van der Waals surface area contributed by atoms with Gasteiger partial charge in [0, 0.05) is 0 Å². The molecule has 1 amide bonds. The number of carbonyl (C=O) groups excluding carboxylic acids is 1. The first-order valence-corrected chi connectivity index (χ1v) is 4.89. The molecule has 0 atom stereocenters. The molecule has 1 aromatic carbocycles. The molecule has 1 aromatic rings. The van der Waals surface area contributed by atoms with Gasteiger partial charge in [-0.15, -0.1) is 11.6 Å². The highest BCUT2D eigenvalue weighted by Crippen LogP contribution is 2.28. The number of carbonyl (C=O) groups is 2. The second-order valence-electron chi connectivity index (χ2n) is 2.87. The molecule has 2 N–H and O–H groups in total. The monoisotopic (exact) mass is 243 g/mol. The third-order valence-electron chi connectivity index (χ3n) is 1.86. The van der Waals surface area contributed by atoms with Crippen molar-refractivity contribution in [3.8, 4) is 5.75 Å². The molecule has 0 aliphatic carbocycles. The Bertz CT molecular complexity index is 419. The number of alkyl halides is 1. The van der Waals surface area contributed by atoms with Gasteiger partial charge in [-0.25, -0.2) is 4.79 Å². The molecule has 0 unspecified atom stereocenters. The minimum Gasteiger partial charge on any atom is -0.495 e. The zero-order chi connectivity index (χ0) is 12.1. The topological polar surface area (TPSA) is 75.6 Å². The number of aromatic carboxylic acids is 1. The van der Waals surface area contributed by atoms with Crippen LogP contribution in [0.3, 0.4) is 0 Å². The first-order valence-electron chi connectivity index (χ1n) is 4.36. The third kappa shape index (κ3) is 2.64. The van der Waals surface area contributed by atoms with Gasteiger partial charge in [-0.1, -0.05) is 6.07 Å². The van der Waals surface area contributed by atoms with E-state index in [4.69, 9.17) is 21.4 Å². The van der Waals surface area contributed by atoms with E-state index in [9.17, 15) is 9.59 Å². The Morgan fingerprint density at radius 2 is 2.19 bits per heavy atom. The zero-order valence-electron chi connectivity index (χ0n) is 8.49. The molecule has 6 heteroatoms. The van der Waals surface area contributed by atoms with Gasteiger partial charge in [0.1, 0.15) is 11.6 Å². The number of ether oxygens (including phenoxy) is 1. The predicted octanol–water partition coefficient (Wildman–Crippen LogP) is 1.57. The molecule has 0 aliphatic heterocycles. The Balaban J connectivity index is 3.19. The van der Waals surface area contributed by atoms with Gasteiger partial charge in [0.2, 0.25) is 5.91 Å². The van der Waals surface area contributed by atoms with Crippen molar-refractivity contribution >= 4 is 29.2 Å². The number of halogens is 1. The van der Waals surface area contributed by atoms with E-state index in [0.717, 1.165) is 0 Å². The zero-order valence-corrected chi connectivity index (χ0v) is 9.25. The van der Waals surface area contributed by atoms with Crippen LogP contribution in [0.5, 0.6) is 5.75 Å². The van der Waals surface area contributed by atoms with Crippen molar-refractivity contribution in [1.82, 2.24) is 0 Å². The minimum absolute atomic E-state index is 0.0437. The summed E-state index contributed by atoms with van der Waals surface area (Å²) in [6.45, 7) is 0. The van der Waals surface area contributed by atoms with E-state index in [0.29, 0.717) is 0 Å². The summed E-state index contributed by atoms with van der Waals surface area (Å²) in [5, 5.41) is 11.3. The number of para-hydroxylation sites is 1.